The van der Waals surface area contributed by atoms with E-state index in [1.165, 1.54) is 0 Å². The van der Waals surface area contributed by atoms with E-state index >= 15 is 0 Å². The van der Waals surface area contributed by atoms with Gasteiger partial charge in [-0.1, -0.05) is 6.92 Å². The van der Waals surface area contributed by atoms with Gasteiger partial charge < -0.3 is 10.0 Å². The SMILES string of the molecule is CCC1(C(=O)O)CCCN(CC(=O)N(C)C2CC2)C1. The maximum absolute atomic E-state index is 12.1. The minimum absolute atomic E-state index is 0.125. The molecule has 1 N–H and O–H groups in total. The number of nitrogens with zero attached hydrogens (tertiary/aromatic N) is 2. The number of piperidine rings is 1. The molecule has 1 aliphatic heterocycles. The molecule has 2 aliphatic rings. The maximum Gasteiger partial charge on any atom is 0.310 e. The summed E-state index contributed by atoms with van der Waals surface area (Å²) in [6.07, 6.45) is 4.43. The summed E-state index contributed by atoms with van der Waals surface area (Å²) in [6, 6.07) is 0.424. The van der Waals surface area contributed by atoms with Crippen LogP contribution in [0.15, 0.2) is 0 Å². The highest BCUT2D eigenvalue weighted by atomic mass is 16.4. The first-order valence-corrected chi connectivity index (χ1v) is 7.20. The number of amides is 1. The molecular formula is C14H24N2O3. The standard InChI is InChI=1S/C14H24N2O3/c1-3-14(13(18)19)7-4-8-16(10-14)9-12(17)15(2)11-5-6-11/h11H,3-10H2,1-2H3,(H,18,19). The highest BCUT2D eigenvalue weighted by molar-refractivity contribution is 5.79. The van der Waals surface area contributed by atoms with Crippen LogP contribution in [0.4, 0.5) is 0 Å². The van der Waals surface area contributed by atoms with Crippen LogP contribution in [-0.4, -0.2) is 59.5 Å². The molecule has 1 saturated heterocycles. The summed E-state index contributed by atoms with van der Waals surface area (Å²) in [5.41, 5.74) is -0.656. The Hall–Kier alpha value is -1.10. The van der Waals surface area contributed by atoms with Gasteiger partial charge in [0.15, 0.2) is 0 Å². The fraction of sp³-hybridized carbons (Fsp3) is 0.857. The second-order valence-electron chi connectivity index (χ2n) is 5.99. The molecule has 0 aromatic rings. The monoisotopic (exact) mass is 268 g/mol. The maximum atomic E-state index is 12.1. The lowest BCUT2D eigenvalue weighted by Gasteiger charge is -2.39. The van der Waals surface area contributed by atoms with E-state index in [0.717, 1.165) is 32.2 Å². The third kappa shape index (κ3) is 3.08. The van der Waals surface area contributed by atoms with Crippen LogP contribution in [0.1, 0.15) is 39.0 Å². The fourth-order valence-corrected chi connectivity index (χ4v) is 2.94. The topological polar surface area (TPSA) is 60.9 Å². The Labute approximate surface area is 114 Å². The molecule has 1 atom stereocenters. The molecule has 1 unspecified atom stereocenters. The van der Waals surface area contributed by atoms with Crippen molar-refractivity contribution in [2.45, 2.75) is 45.1 Å². The molecule has 0 aromatic carbocycles. The highest BCUT2D eigenvalue weighted by Gasteiger charge is 2.41. The van der Waals surface area contributed by atoms with Crippen LogP contribution in [0, 0.1) is 5.41 Å². The van der Waals surface area contributed by atoms with E-state index in [9.17, 15) is 14.7 Å². The smallest absolute Gasteiger partial charge is 0.310 e. The van der Waals surface area contributed by atoms with E-state index in [1.807, 2.05) is 23.8 Å². The Bertz CT molecular complexity index is 368. The summed E-state index contributed by atoms with van der Waals surface area (Å²) in [4.78, 5) is 27.4. The van der Waals surface area contributed by atoms with Gasteiger partial charge in [-0.2, -0.15) is 0 Å². The summed E-state index contributed by atoms with van der Waals surface area (Å²) in [7, 11) is 1.86. The lowest BCUT2D eigenvalue weighted by Crippen LogP contribution is -2.50. The first-order valence-electron chi connectivity index (χ1n) is 7.20. The van der Waals surface area contributed by atoms with Crippen molar-refractivity contribution in [1.29, 1.82) is 0 Å². The van der Waals surface area contributed by atoms with E-state index in [2.05, 4.69) is 0 Å². The Kier molecular flexibility index (Phi) is 4.13. The van der Waals surface area contributed by atoms with Gasteiger partial charge in [-0.25, -0.2) is 0 Å². The van der Waals surface area contributed by atoms with Crippen LogP contribution in [-0.2, 0) is 9.59 Å². The van der Waals surface area contributed by atoms with Gasteiger partial charge in [-0.3, -0.25) is 14.5 Å². The Morgan fingerprint density at radius 1 is 1.42 bits per heavy atom. The van der Waals surface area contributed by atoms with Crippen molar-refractivity contribution in [2.75, 3.05) is 26.7 Å². The third-order valence-electron chi connectivity index (χ3n) is 4.63. The summed E-state index contributed by atoms with van der Waals surface area (Å²) in [5.74, 6) is -0.595. The van der Waals surface area contributed by atoms with Gasteiger partial charge in [0.1, 0.15) is 0 Å². The van der Waals surface area contributed by atoms with E-state index in [-0.39, 0.29) is 5.91 Å². The predicted octanol–water partition coefficient (Wildman–Crippen LogP) is 1.18. The fourth-order valence-electron chi connectivity index (χ4n) is 2.94. The number of hydrogen-bond acceptors (Lipinski definition) is 3. The van der Waals surface area contributed by atoms with Gasteiger partial charge in [0.25, 0.3) is 0 Å². The summed E-state index contributed by atoms with van der Waals surface area (Å²) in [5, 5.41) is 9.43. The molecule has 108 valence electrons. The van der Waals surface area contributed by atoms with Crippen molar-refractivity contribution in [3.05, 3.63) is 0 Å². The second kappa shape index (κ2) is 5.49. The number of likely N-dealkylation sites (tertiary alicyclic amines) is 1. The average Bonchev–Trinajstić information content (AvgIpc) is 3.22. The van der Waals surface area contributed by atoms with Crippen LogP contribution in [0.25, 0.3) is 0 Å². The second-order valence-corrected chi connectivity index (χ2v) is 5.99. The van der Waals surface area contributed by atoms with Crippen LogP contribution in [0.5, 0.6) is 0 Å². The third-order valence-corrected chi connectivity index (χ3v) is 4.63. The van der Waals surface area contributed by atoms with Crippen LogP contribution in [0.2, 0.25) is 0 Å². The van der Waals surface area contributed by atoms with Gasteiger partial charge in [-0.15, -0.1) is 0 Å². The van der Waals surface area contributed by atoms with Gasteiger partial charge in [-0.05, 0) is 38.6 Å². The molecule has 0 radical (unpaired) electrons. The molecule has 1 heterocycles. The summed E-state index contributed by atoms with van der Waals surface area (Å²) in [6.45, 7) is 3.63. The van der Waals surface area contributed by atoms with E-state index in [0.29, 0.717) is 25.6 Å². The molecule has 0 spiro atoms. The number of rotatable bonds is 5. The number of likely N-dealkylation sites (N-methyl/N-ethyl adjacent to an activating group) is 1. The van der Waals surface area contributed by atoms with Gasteiger partial charge in [0, 0.05) is 19.6 Å². The average molecular weight is 268 g/mol. The molecule has 5 heteroatoms. The zero-order valence-corrected chi connectivity index (χ0v) is 11.9. The van der Waals surface area contributed by atoms with Crippen molar-refractivity contribution < 1.29 is 14.7 Å². The quantitative estimate of drug-likeness (QED) is 0.813. The Morgan fingerprint density at radius 3 is 2.63 bits per heavy atom. The Balaban J connectivity index is 1.93. The Morgan fingerprint density at radius 2 is 2.11 bits per heavy atom. The number of carboxylic acid groups (broad SMARTS) is 1. The zero-order valence-electron chi connectivity index (χ0n) is 11.9. The zero-order chi connectivity index (χ0) is 14.0. The minimum Gasteiger partial charge on any atom is -0.481 e. The first-order chi connectivity index (χ1) is 8.98. The summed E-state index contributed by atoms with van der Waals surface area (Å²) >= 11 is 0. The minimum atomic E-state index is -0.720. The molecule has 0 aromatic heterocycles. The van der Waals surface area contributed by atoms with Crippen LogP contribution < -0.4 is 0 Å². The van der Waals surface area contributed by atoms with Gasteiger partial charge >= 0.3 is 5.97 Å². The number of carboxylic acids is 1. The molecule has 19 heavy (non-hydrogen) atoms. The number of hydrogen-bond donors (Lipinski definition) is 1. The number of carbonyl (C=O) groups is 2. The van der Waals surface area contributed by atoms with E-state index in [4.69, 9.17) is 0 Å². The van der Waals surface area contributed by atoms with E-state index < -0.39 is 11.4 Å². The first kappa shape index (κ1) is 14.3. The lowest BCUT2D eigenvalue weighted by atomic mass is 9.77. The molecular weight excluding hydrogens is 244 g/mol. The summed E-state index contributed by atoms with van der Waals surface area (Å²) < 4.78 is 0. The van der Waals surface area contributed by atoms with Gasteiger partial charge in [0.2, 0.25) is 5.91 Å². The molecule has 1 aliphatic carbocycles. The number of carbonyl (C=O) groups excluding carboxylic acids is 1. The predicted molar refractivity (Wildman–Crippen MR) is 71.8 cm³/mol. The number of aliphatic carboxylic acids is 1. The van der Waals surface area contributed by atoms with Gasteiger partial charge in [0.05, 0.1) is 12.0 Å². The lowest BCUT2D eigenvalue weighted by molar-refractivity contribution is -0.154. The molecule has 2 rings (SSSR count). The molecule has 0 bridgehead atoms. The van der Waals surface area contributed by atoms with Crippen LogP contribution in [0.3, 0.4) is 0 Å². The van der Waals surface area contributed by atoms with Crippen LogP contribution >= 0.6 is 0 Å². The highest BCUT2D eigenvalue weighted by Crippen LogP contribution is 2.33. The molecule has 5 nitrogen and oxygen atoms in total. The van der Waals surface area contributed by atoms with Crippen molar-refractivity contribution in [2.24, 2.45) is 5.41 Å². The normalized spacial score (nSPS) is 28.1. The molecule has 2 fully saturated rings. The van der Waals surface area contributed by atoms with Crippen molar-refractivity contribution in [3.8, 4) is 0 Å². The van der Waals surface area contributed by atoms with Crippen molar-refractivity contribution >= 4 is 11.9 Å². The molecule has 1 saturated carbocycles. The molecule has 1 amide bonds. The van der Waals surface area contributed by atoms with Crippen molar-refractivity contribution in [1.82, 2.24) is 9.80 Å². The largest absolute Gasteiger partial charge is 0.481 e. The van der Waals surface area contributed by atoms with E-state index in [1.54, 1.807) is 0 Å². The van der Waals surface area contributed by atoms with Crippen molar-refractivity contribution in [3.63, 3.8) is 0 Å².